The van der Waals surface area contributed by atoms with Crippen LogP contribution in [0.3, 0.4) is 0 Å². The number of rotatable bonds is 9. The highest BCUT2D eigenvalue weighted by Gasteiger charge is 2.34. The molecule has 1 aliphatic rings. The topological polar surface area (TPSA) is 24.5 Å². The van der Waals surface area contributed by atoms with Gasteiger partial charge in [-0.05, 0) is 24.8 Å². The monoisotopic (exact) mass is 240 g/mol. The summed E-state index contributed by atoms with van der Waals surface area (Å²) < 4.78 is 5.18. The minimum Gasteiger partial charge on any atom is -0.383 e. The molecule has 1 N–H and O–H groups in total. The lowest BCUT2D eigenvalue weighted by Crippen LogP contribution is -2.40. The van der Waals surface area contributed by atoms with E-state index in [0.717, 1.165) is 19.7 Å². The fourth-order valence-corrected chi connectivity index (χ4v) is 2.87. The Kier molecular flexibility index (Phi) is 6.78. The molecular formula is C14H28N2O. The number of methoxy groups -OCH3 is 1. The summed E-state index contributed by atoms with van der Waals surface area (Å²) in [6.07, 6.45) is 5.90. The van der Waals surface area contributed by atoms with Crippen molar-refractivity contribution >= 4 is 0 Å². The SMILES string of the molecule is C=CCN(CCOC)CC1(CCC)CCNC1. The highest BCUT2D eigenvalue weighted by Crippen LogP contribution is 2.31. The molecule has 1 atom stereocenters. The smallest absolute Gasteiger partial charge is 0.0589 e. The summed E-state index contributed by atoms with van der Waals surface area (Å²) in [5, 5.41) is 3.52. The molecule has 17 heavy (non-hydrogen) atoms. The van der Waals surface area contributed by atoms with E-state index >= 15 is 0 Å². The quantitative estimate of drug-likeness (QED) is 0.623. The summed E-state index contributed by atoms with van der Waals surface area (Å²) in [6.45, 7) is 12.4. The molecule has 0 radical (unpaired) electrons. The summed E-state index contributed by atoms with van der Waals surface area (Å²) >= 11 is 0. The zero-order valence-electron chi connectivity index (χ0n) is 11.5. The molecule has 0 aliphatic carbocycles. The second-order valence-corrected chi connectivity index (χ2v) is 5.19. The van der Waals surface area contributed by atoms with Crippen LogP contribution in [-0.2, 0) is 4.74 Å². The van der Waals surface area contributed by atoms with Gasteiger partial charge in [-0.3, -0.25) is 4.90 Å². The van der Waals surface area contributed by atoms with E-state index in [0.29, 0.717) is 5.41 Å². The molecule has 1 rings (SSSR count). The lowest BCUT2D eigenvalue weighted by molar-refractivity contribution is 0.115. The third-order valence-electron chi connectivity index (χ3n) is 3.67. The standard InChI is InChI=1S/C14H28N2O/c1-4-6-14(7-8-15-12-14)13-16(9-5-2)10-11-17-3/h5,15H,2,4,6-13H2,1,3H3. The number of nitrogens with zero attached hydrogens (tertiary/aromatic N) is 1. The van der Waals surface area contributed by atoms with E-state index in [1.807, 2.05) is 6.08 Å². The average Bonchev–Trinajstić information content (AvgIpc) is 2.75. The molecule has 0 saturated carbocycles. The summed E-state index contributed by atoms with van der Waals surface area (Å²) in [6, 6.07) is 0. The van der Waals surface area contributed by atoms with Gasteiger partial charge in [-0.2, -0.15) is 0 Å². The third kappa shape index (κ3) is 4.78. The molecule has 0 amide bonds. The Bertz CT molecular complexity index is 212. The Morgan fingerprint density at radius 2 is 2.35 bits per heavy atom. The van der Waals surface area contributed by atoms with Gasteiger partial charge in [0.15, 0.2) is 0 Å². The molecule has 1 aliphatic heterocycles. The van der Waals surface area contributed by atoms with Gasteiger partial charge in [0.25, 0.3) is 0 Å². The summed E-state index contributed by atoms with van der Waals surface area (Å²) in [4.78, 5) is 2.47. The summed E-state index contributed by atoms with van der Waals surface area (Å²) in [5.74, 6) is 0. The lowest BCUT2D eigenvalue weighted by atomic mass is 9.82. The van der Waals surface area contributed by atoms with Gasteiger partial charge in [-0.1, -0.05) is 19.4 Å². The van der Waals surface area contributed by atoms with Crippen LogP contribution in [0.5, 0.6) is 0 Å². The summed E-state index contributed by atoms with van der Waals surface area (Å²) in [5.41, 5.74) is 0.478. The molecule has 0 bridgehead atoms. The molecule has 0 spiro atoms. The van der Waals surface area contributed by atoms with Crippen LogP contribution in [0.4, 0.5) is 0 Å². The fourth-order valence-electron chi connectivity index (χ4n) is 2.87. The Balaban J connectivity index is 2.51. The first-order chi connectivity index (χ1) is 8.26. The van der Waals surface area contributed by atoms with Gasteiger partial charge >= 0.3 is 0 Å². The zero-order chi connectivity index (χ0) is 12.6. The number of hydrogen-bond acceptors (Lipinski definition) is 3. The van der Waals surface area contributed by atoms with Crippen molar-refractivity contribution in [3.8, 4) is 0 Å². The van der Waals surface area contributed by atoms with Crippen LogP contribution >= 0.6 is 0 Å². The van der Waals surface area contributed by atoms with E-state index in [1.165, 1.54) is 38.9 Å². The van der Waals surface area contributed by atoms with Crippen LogP contribution in [0.1, 0.15) is 26.2 Å². The predicted octanol–water partition coefficient (Wildman–Crippen LogP) is 1.90. The Labute approximate surface area is 106 Å². The first-order valence-corrected chi connectivity index (χ1v) is 6.79. The lowest BCUT2D eigenvalue weighted by Gasteiger charge is -2.34. The Morgan fingerprint density at radius 1 is 1.53 bits per heavy atom. The fraction of sp³-hybridized carbons (Fsp3) is 0.857. The minimum atomic E-state index is 0.478. The first-order valence-electron chi connectivity index (χ1n) is 6.79. The van der Waals surface area contributed by atoms with E-state index in [2.05, 4.69) is 23.7 Å². The van der Waals surface area contributed by atoms with Crippen molar-refractivity contribution < 1.29 is 4.74 Å². The van der Waals surface area contributed by atoms with E-state index in [-0.39, 0.29) is 0 Å². The van der Waals surface area contributed by atoms with E-state index < -0.39 is 0 Å². The molecule has 0 aromatic carbocycles. The van der Waals surface area contributed by atoms with Gasteiger partial charge in [0.1, 0.15) is 0 Å². The number of ether oxygens (including phenoxy) is 1. The second kappa shape index (κ2) is 7.85. The van der Waals surface area contributed by atoms with Crippen LogP contribution < -0.4 is 5.32 Å². The van der Waals surface area contributed by atoms with Gasteiger partial charge in [0, 0.05) is 33.3 Å². The molecule has 1 unspecified atom stereocenters. The van der Waals surface area contributed by atoms with E-state index in [4.69, 9.17) is 4.74 Å². The van der Waals surface area contributed by atoms with Gasteiger partial charge in [0.05, 0.1) is 6.61 Å². The molecule has 3 heteroatoms. The third-order valence-corrected chi connectivity index (χ3v) is 3.67. The maximum absolute atomic E-state index is 5.18. The highest BCUT2D eigenvalue weighted by atomic mass is 16.5. The Hall–Kier alpha value is -0.380. The maximum atomic E-state index is 5.18. The van der Waals surface area contributed by atoms with Crippen LogP contribution in [0, 0.1) is 5.41 Å². The van der Waals surface area contributed by atoms with Crippen molar-refractivity contribution in [1.29, 1.82) is 0 Å². The largest absolute Gasteiger partial charge is 0.383 e. The van der Waals surface area contributed by atoms with E-state index in [1.54, 1.807) is 7.11 Å². The normalized spacial score (nSPS) is 24.4. The van der Waals surface area contributed by atoms with E-state index in [9.17, 15) is 0 Å². The zero-order valence-corrected chi connectivity index (χ0v) is 11.5. The predicted molar refractivity (Wildman–Crippen MR) is 73.3 cm³/mol. The van der Waals surface area contributed by atoms with Crippen molar-refractivity contribution in [2.75, 3.05) is 46.4 Å². The van der Waals surface area contributed by atoms with Crippen molar-refractivity contribution in [3.63, 3.8) is 0 Å². The number of hydrogen-bond donors (Lipinski definition) is 1. The van der Waals surface area contributed by atoms with Crippen LogP contribution in [0.25, 0.3) is 0 Å². The molecule has 1 saturated heterocycles. The minimum absolute atomic E-state index is 0.478. The van der Waals surface area contributed by atoms with Gasteiger partial charge < -0.3 is 10.1 Å². The molecule has 100 valence electrons. The van der Waals surface area contributed by atoms with Gasteiger partial charge in [0.2, 0.25) is 0 Å². The highest BCUT2D eigenvalue weighted by molar-refractivity contribution is 4.91. The van der Waals surface area contributed by atoms with Crippen LogP contribution in [0.15, 0.2) is 12.7 Å². The second-order valence-electron chi connectivity index (χ2n) is 5.19. The molecule has 0 aromatic rings. The van der Waals surface area contributed by atoms with Crippen LogP contribution in [-0.4, -0.2) is 51.3 Å². The molecule has 3 nitrogen and oxygen atoms in total. The molecule has 1 heterocycles. The van der Waals surface area contributed by atoms with Crippen LogP contribution in [0.2, 0.25) is 0 Å². The van der Waals surface area contributed by atoms with Crippen molar-refractivity contribution in [3.05, 3.63) is 12.7 Å². The molecular weight excluding hydrogens is 212 g/mol. The average molecular weight is 240 g/mol. The first kappa shape index (κ1) is 14.7. The summed E-state index contributed by atoms with van der Waals surface area (Å²) in [7, 11) is 1.77. The van der Waals surface area contributed by atoms with Crippen molar-refractivity contribution in [1.82, 2.24) is 10.2 Å². The van der Waals surface area contributed by atoms with Crippen molar-refractivity contribution in [2.24, 2.45) is 5.41 Å². The van der Waals surface area contributed by atoms with Gasteiger partial charge in [-0.25, -0.2) is 0 Å². The maximum Gasteiger partial charge on any atom is 0.0589 e. The molecule has 1 fully saturated rings. The molecule has 0 aromatic heterocycles. The van der Waals surface area contributed by atoms with Crippen molar-refractivity contribution in [2.45, 2.75) is 26.2 Å². The Morgan fingerprint density at radius 3 is 2.88 bits per heavy atom. The van der Waals surface area contributed by atoms with Gasteiger partial charge in [-0.15, -0.1) is 6.58 Å². The number of nitrogens with one attached hydrogen (secondary N) is 1.